The average molecular weight is 301 g/mol. The Hall–Kier alpha value is -2.05. The number of carbonyl (C=O) groups is 2. The minimum atomic E-state index is -4.55. The number of carbonyl (C=O) groups excluding carboxylic acids is 1. The quantitative estimate of drug-likeness (QED) is 0.878. The van der Waals surface area contributed by atoms with Gasteiger partial charge in [-0.3, -0.25) is 4.79 Å². The molecule has 1 atom stereocenters. The van der Waals surface area contributed by atoms with Crippen LogP contribution in [-0.2, 0) is 11.0 Å². The lowest BCUT2D eigenvalue weighted by molar-refractivity contribution is -0.140. The van der Waals surface area contributed by atoms with E-state index >= 15 is 0 Å². The predicted octanol–water partition coefficient (Wildman–Crippen LogP) is 2.69. The molecule has 4 nitrogen and oxygen atoms in total. The lowest BCUT2D eigenvalue weighted by Crippen LogP contribution is -2.41. The summed E-state index contributed by atoms with van der Waals surface area (Å²) in [5.74, 6) is -1.72. The number of nitrogens with one attached hydrogen (secondary N) is 1. The molecule has 0 unspecified atom stereocenters. The zero-order valence-corrected chi connectivity index (χ0v) is 11.0. The van der Waals surface area contributed by atoms with Crippen molar-refractivity contribution < 1.29 is 27.9 Å². The van der Waals surface area contributed by atoms with Crippen molar-refractivity contribution in [2.24, 2.45) is 5.92 Å². The number of alkyl halides is 3. The number of hydrogen-bond acceptors (Lipinski definition) is 2. The van der Waals surface area contributed by atoms with Crippen molar-refractivity contribution in [1.82, 2.24) is 5.32 Å². The molecule has 2 rings (SSSR count). The molecule has 1 amide bonds. The normalized spacial score (nSPS) is 16.3. The molecule has 1 saturated carbocycles. The monoisotopic (exact) mass is 301 g/mol. The molecule has 0 heterocycles. The Labute approximate surface area is 119 Å². The maximum atomic E-state index is 12.6. The molecule has 2 N–H and O–H groups in total. The van der Waals surface area contributed by atoms with Gasteiger partial charge >= 0.3 is 12.1 Å². The first-order valence-corrected chi connectivity index (χ1v) is 6.48. The van der Waals surface area contributed by atoms with Crippen molar-refractivity contribution in [2.45, 2.75) is 31.5 Å². The van der Waals surface area contributed by atoms with Crippen molar-refractivity contribution >= 4 is 11.9 Å². The first kappa shape index (κ1) is 15.3. The van der Waals surface area contributed by atoms with E-state index in [-0.39, 0.29) is 11.5 Å². The maximum Gasteiger partial charge on any atom is 0.416 e. The van der Waals surface area contributed by atoms with Gasteiger partial charge in [0.1, 0.15) is 6.04 Å². The molecule has 0 spiro atoms. The third kappa shape index (κ3) is 4.21. The second-order valence-corrected chi connectivity index (χ2v) is 5.12. The Balaban J connectivity index is 2.09. The number of carboxylic acids is 1. The molecule has 1 fully saturated rings. The van der Waals surface area contributed by atoms with Gasteiger partial charge in [0, 0.05) is 5.56 Å². The summed E-state index contributed by atoms with van der Waals surface area (Å²) in [7, 11) is 0. The molecule has 1 aromatic carbocycles. The van der Waals surface area contributed by atoms with Gasteiger partial charge in [-0.25, -0.2) is 4.79 Å². The summed E-state index contributed by atoms with van der Waals surface area (Å²) in [6, 6.07) is 2.84. The fourth-order valence-electron chi connectivity index (χ4n) is 1.99. The molecule has 7 heteroatoms. The molecule has 0 bridgehead atoms. The fraction of sp³-hybridized carbons (Fsp3) is 0.429. The van der Waals surface area contributed by atoms with E-state index in [9.17, 15) is 22.8 Å². The zero-order chi connectivity index (χ0) is 15.6. The lowest BCUT2D eigenvalue weighted by Gasteiger charge is -2.15. The Morgan fingerprint density at radius 3 is 2.52 bits per heavy atom. The fourth-order valence-corrected chi connectivity index (χ4v) is 1.99. The van der Waals surface area contributed by atoms with Gasteiger partial charge in [-0.2, -0.15) is 13.2 Å². The number of hydrogen-bond donors (Lipinski definition) is 2. The predicted molar refractivity (Wildman–Crippen MR) is 67.7 cm³/mol. The van der Waals surface area contributed by atoms with Gasteiger partial charge in [0.15, 0.2) is 0 Å². The van der Waals surface area contributed by atoms with Crippen LogP contribution in [0.2, 0.25) is 0 Å². The molecule has 1 aliphatic carbocycles. The van der Waals surface area contributed by atoms with Crippen LogP contribution >= 0.6 is 0 Å². The van der Waals surface area contributed by atoms with Gasteiger partial charge < -0.3 is 10.4 Å². The van der Waals surface area contributed by atoms with Crippen LogP contribution in [-0.4, -0.2) is 23.0 Å². The molecule has 114 valence electrons. The smallest absolute Gasteiger partial charge is 0.416 e. The number of aliphatic carboxylic acids is 1. The number of halogens is 3. The van der Waals surface area contributed by atoms with Crippen LogP contribution in [0.25, 0.3) is 0 Å². The standard InChI is InChI=1S/C14H14F3NO3/c15-14(16,17)10-3-1-2-9(7-10)12(19)18-11(13(20)21)6-8-4-5-8/h1-3,7-8,11H,4-6H2,(H,18,19)(H,20,21)/t11-/m0/s1. The minimum Gasteiger partial charge on any atom is -0.480 e. The highest BCUT2D eigenvalue weighted by Crippen LogP contribution is 2.33. The van der Waals surface area contributed by atoms with Gasteiger partial charge in [-0.05, 0) is 30.5 Å². The summed E-state index contributed by atoms with van der Waals surface area (Å²) in [5.41, 5.74) is -1.14. The average Bonchev–Trinajstić information content (AvgIpc) is 3.21. The largest absolute Gasteiger partial charge is 0.480 e. The molecule has 21 heavy (non-hydrogen) atoms. The first-order chi connectivity index (χ1) is 9.77. The topological polar surface area (TPSA) is 66.4 Å². The maximum absolute atomic E-state index is 12.6. The molecule has 0 aromatic heterocycles. The van der Waals surface area contributed by atoms with Gasteiger partial charge in [0.2, 0.25) is 0 Å². The van der Waals surface area contributed by atoms with E-state index in [1.807, 2.05) is 0 Å². The van der Waals surface area contributed by atoms with Gasteiger partial charge in [-0.15, -0.1) is 0 Å². The van der Waals surface area contributed by atoms with Gasteiger partial charge in [0.05, 0.1) is 5.56 Å². The molecule has 0 saturated heterocycles. The highest BCUT2D eigenvalue weighted by molar-refractivity contribution is 5.96. The second kappa shape index (κ2) is 5.75. The second-order valence-electron chi connectivity index (χ2n) is 5.12. The highest BCUT2D eigenvalue weighted by Gasteiger charge is 2.32. The van der Waals surface area contributed by atoms with Crippen LogP contribution in [0, 0.1) is 5.92 Å². The van der Waals surface area contributed by atoms with Crippen molar-refractivity contribution in [3.05, 3.63) is 35.4 Å². The van der Waals surface area contributed by atoms with Gasteiger partial charge in [-0.1, -0.05) is 18.9 Å². The third-order valence-corrected chi connectivity index (χ3v) is 3.32. The van der Waals surface area contributed by atoms with Crippen molar-refractivity contribution in [3.8, 4) is 0 Å². The summed E-state index contributed by atoms with van der Waals surface area (Å²) in [5, 5.41) is 11.3. The zero-order valence-electron chi connectivity index (χ0n) is 11.0. The third-order valence-electron chi connectivity index (χ3n) is 3.32. The molecule has 1 aromatic rings. The van der Waals surface area contributed by atoms with E-state index in [4.69, 9.17) is 5.11 Å². The lowest BCUT2D eigenvalue weighted by atomic mass is 10.1. The summed E-state index contributed by atoms with van der Waals surface area (Å²) < 4.78 is 37.7. The van der Waals surface area contributed by atoms with Crippen LogP contribution < -0.4 is 5.32 Å². The van der Waals surface area contributed by atoms with Crippen molar-refractivity contribution in [3.63, 3.8) is 0 Å². The molecule has 0 radical (unpaired) electrons. The summed E-state index contributed by atoms with van der Waals surface area (Å²) >= 11 is 0. The van der Waals surface area contributed by atoms with E-state index < -0.39 is 29.7 Å². The first-order valence-electron chi connectivity index (χ1n) is 6.48. The number of rotatable bonds is 5. The Kier molecular flexibility index (Phi) is 4.20. The molecule has 1 aliphatic rings. The highest BCUT2D eigenvalue weighted by atomic mass is 19.4. The Morgan fingerprint density at radius 2 is 2.00 bits per heavy atom. The van der Waals surface area contributed by atoms with E-state index in [0.29, 0.717) is 12.5 Å². The molecular formula is C14H14F3NO3. The van der Waals surface area contributed by atoms with Crippen LogP contribution in [0.3, 0.4) is 0 Å². The van der Waals surface area contributed by atoms with Crippen LogP contribution in [0.4, 0.5) is 13.2 Å². The molecular weight excluding hydrogens is 287 g/mol. The summed E-state index contributed by atoms with van der Waals surface area (Å²) in [4.78, 5) is 23.0. The van der Waals surface area contributed by atoms with E-state index in [2.05, 4.69) is 5.32 Å². The number of amides is 1. The minimum absolute atomic E-state index is 0.202. The Morgan fingerprint density at radius 1 is 1.33 bits per heavy atom. The summed E-state index contributed by atoms with van der Waals surface area (Å²) in [6.07, 6.45) is -2.40. The van der Waals surface area contributed by atoms with Crippen molar-refractivity contribution in [1.29, 1.82) is 0 Å². The van der Waals surface area contributed by atoms with Crippen LogP contribution in [0.15, 0.2) is 24.3 Å². The Bertz CT molecular complexity index is 553. The van der Waals surface area contributed by atoms with E-state index in [0.717, 1.165) is 25.0 Å². The van der Waals surface area contributed by atoms with E-state index in [1.165, 1.54) is 6.07 Å². The number of carboxylic acid groups (broad SMARTS) is 1. The van der Waals surface area contributed by atoms with Gasteiger partial charge in [0.25, 0.3) is 5.91 Å². The van der Waals surface area contributed by atoms with E-state index in [1.54, 1.807) is 0 Å². The number of benzene rings is 1. The van der Waals surface area contributed by atoms with Crippen molar-refractivity contribution in [2.75, 3.05) is 0 Å². The SMILES string of the molecule is O=C(N[C@@H](CC1CC1)C(=O)O)c1cccc(C(F)(F)F)c1. The van der Waals surface area contributed by atoms with Crippen LogP contribution in [0.5, 0.6) is 0 Å². The molecule has 0 aliphatic heterocycles. The summed E-state index contributed by atoms with van der Waals surface area (Å²) in [6.45, 7) is 0. The van der Waals surface area contributed by atoms with Crippen LogP contribution in [0.1, 0.15) is 35.2 Å².